The van der Waals surface area contributed by atoms with Gasteiger partial charge in [-0.2, -0.15) is 0 Å². The van der Waals surface area contributed by atoms with Crippen LogP contribution < -0.4 is 11.1 Å². The average Bonchev–Trinajstić information content (AvgIpc) is 1.66. The predicted octanol–water partition coefficient (Wildman–Crippen LogP) is -0.409. The van der Waals surface area contributed by atoms with Crippen LogP contribution in [0, 0.1) is 0 Å². The third kappa shape index (κ3) is 5.99. The molecule has 0 unspecified atom stereocenters. The SMILES string of the molecule is CCCCNC(N)=[Se]. The van der Waals surface area contributed by atoms with Crippen LogP contribution in [0.3, 0.4) is 0 Å². The average molecular weight is 179 g/mol. The zero-order valence-electron chi connectivity index (χ0n) is 5.11. The molecule has 0 rings (SSSR count). The van der Waals surface area contributed by atoms with Gasteiger partial charge < -0.3 is 0 Å². The van der Waals surface area contributed by atoms with Crippen LogP contribution in [0.1, 0.15) is 19.8 Å². The Morgan fingerprint density at radius 1 is 1.75 bits per heavy atom. The summed E-state index contributed by atoms with van der Waals surface area (Å²) in [5, 5.41) is 2.99. The van der Waals surface area contributed by atoms with E-state index in [0.717, 1.165) is 6.54 Å². The molecule has 0 aliphatic carbocycles. The fraction of sp³-hybridized carbons (Fsp3) is 0.800. The topological polar surface area (TPSA) is 38.0 Å². The number of unbranched alkanes of at least 4 members (excludes halogenated alkanes) is 1. The molecule has 48 valence electrons. The van der Waals surface area contributed by atoms with Crippen molar-refractivity contribution in [2.45, 2.75) is 19.8 Å². The molecule has 0 spiro atoms. The van der Waals surface area contributed by atoms with Crippen LogP contribution in [0.5, 0.6) is 0 Å². The molecule has 0 amide bonds. The molecular formula is C5H12N2Se. The minimum atomic E-state index is 0.693. The summed E-state index contributed by atoms with van der Waals surface area (Å²) in [5.74, 6) is 0. The summed E-state index contributed by atoms with van der Waals surface area (Å²) in [7, 11) is 0. The van der Waals surface area contributed by atoms with Crippen LogP contribution in [0.15, 0.2) is 0 Å². The molecule has 0 aromatic heterocycles. The Kier molecular flexibility index (Phi) is 5.13. The third-order valence-corrected chi connectivity index (χ3v) is 1.13. The van der Waals surface area contributed by atoms with E-state index >= 15 is 0 Å². The molecule has 3 heteroatoms. The van der Waals surface area contributed by atoms with Gasteiger partial charge in [0.05, 0.1) is 0 Å². The molecule has 8 heavy (non-hydrogen) atoms. The molecule has 0 heterocycles. The summed E-state index contributed by atoms with van der Waals surface area (Å²) in [6, 6.07) is 0. The van der Waals surface area contributed by atoms with E-state index in [-0.39, 0.29) is 0 Å². The Bertz CT molecular complexity index is 72.8. The second-order valence-corrected chi connectivity index (χ2v) is 2.57. The number of hydrogen-bond acceptors (Lipinski definition) is 2. The van der Waals surface area contributed by atoms with Gasteiger partial charge in [-0.05, 0) is 0 Å². The maximum absolute atomic E-state index is 5.28. The van der Waals surface area contributed by atoms with Gasteiger partial charge in [-0.1, -0.05) is 0 Å². The molecule has 0 aromatic rings. The van der Waals surface area contributed by atoms with Crippen LogP contribution >= 0.6 is 0 Å². The van der Waals surface area contributed by atoms with Crippen molar-refractivity contribution in [3.63, 3.8) is 0 Å². The maximum atomic E-state index is 5.28. The van der Waals surface area contributed by atoms with Gasteiger partial charge in [0.1, 0.15) is 0 Å². The number of hydrogen-bond donors (Lipinski definition) is 2. The molecule has 0 aromatic carbocycles. The zero-order chi connectivity index (χ0) is 6.41. The van der Waals surface area contributed by atoms with Crippen LogP contribution in [0.2, 0.25) is 0 Å². The second kappa shape index (κ2) is 5.13. The van der Waals surface area contributed by atoms with Gasteiger partial charge in [0, 0.05) is 0 Å². The molecule has 0 atom stereocenters. The van der Waals surface area contributed by atoms with E-state index in [2.05, 4.69) is 27.8 Å². The minimum absolute atomic E-state index is 0.693. The quantitative estimate of drug-likeness (QED) is 0.455. The molecule has 2 nitrogen and oxygen atoms in total. The van der Waals surface area contributed by atoms with Crippen molar-refractivity contribution in [1.82, 2.24) is 5.32 Å². The zero-order valence-corrected chi connectivity index (χ0v) is 6.82. The second-order valence-electron chi connectivity index (χ2n) is 1.64. The van der Waals surface area contributed by atoms with E-state index in [1.165, 1.54) is 12.8 Å². The molecule has 0 radical (unpaired) electrons. The Morgan fingerprint density at radius 3 is 2.75 bits per heavy atom. The van der Waals surface area contributed by atoms with E-state index in [4.69, 9.17) is 5.73 Å². The van der Waals surface area contributed by atoms with Gasteiger partial charge in [-0.15, -0.1) is 0 Å². The van der Waals surface area contributed by atoms with Crippen LogP contribution in [0.25, 0.3) is 0 Å². The summed E-state index contributed by atoms with van der Waals surface area (Å²) < 4.78 is 0.693. The Morgan fingerprint density at radius 2 is 2.38 bits per heavy atom. The van der Waals surface area contributed by atoms with E-state index in [1.807, 2.05) is 0 Å². The monoisotopic (exact) mass is 180 g/mol. The first-order valence-corrected chi connectivity index (χ1v) is 3.66. The first-order chi connectivity index (χ1) is 3.77. The van der Waals surface area contributed by atoms with Crippen molar-refractivity contribution in [3.8, 4) is 0 Å². The summed E-state index contributed by atoms with van der Waals surface area (Å²) in [5.41, 5.74) is 5.28. The molecule has 0 fully saturated rings. The van der Waals surface area contributed by atoms with Crippen molar-refractivity contribution < 1.29 is 0 Å². The Labute approximate surface area is 58.2 Å². The molecular weight excluding hydrogens is 167 g/mol. The van der Waals surface area contributed by atoms with Crippen LogP contribution in [0.4, 0.5) is 0 Å². The summed E-state index contributed by atoms with van der Waals surface area (Å²) in [6.45, 7) is 3.13. The predicted molar refractivity (Wildman–Crippen MR) is 37.9 cm³/mol. The molecule has 0 bridgehead atoms. The van der Waals surface area contributed by atoms with Gasteiger partial charge in [-0.25, -0.2) is 0 Å². The van der Waals surface area contributed by atoms with Crippen molar-refractivity contribution in [1.29, 1.82) is 0 Å². The standard InChI is InChI=1S/C5H12N2Se/c1-2-3-4-7-5(6)8/h2-4H2,1H3,(H3,6,7,8). The Balaban J connectivity index is 2.82. The third-order valence-electron chi connectivity index (χ3n) is 0.830. The Hall–Kier alpha value is -0.0105. The van der Waals surface area contributed by atoms with Crippen LogP contribution in [-0.2, 0) is 0 Å². The van der Waals surface area contributed by atoms with Gasteiger partial charge in [0.2, 0.25) is 0 Å². The summed E-state index contributed by atoms with van der Waals surface area (Å²) in [4.78, 5) is 0. The molecule has 3 N–H and O–H groups in total. The molecule has 0 aliphatic heterocycles. The van der Waals surface area contributed by atoms with Gasteiger partial charge in [-0.3, -0.25) is 0 Å². The van der Waals surface area contributed by atoms with Crippen molar-refractivity contribution >= 4 is 20.2 Å². The first kappa shape index (κ1) is 7.99. The van der Waals surface area contributed by atoms with E-state index < -0.39 is 0 Å². The molecule has 0 saturated heterocycles. The molecule has 0 saturated carbocycles. The van der Waals surface area contributed by atoms with E-state index in [0.29, 0.717) is 4.67 Å². The van der Waals surface area contributed by atoms with Gasteiger partial charge in [0.25, 0.3) is 0 Å². The van der Waals surface area contributed by atoms with E-state index in [1.54, 1.807) is 0 Å². The van der Waals surface area contributed by atoms with Crippen molar-refractivity contribution in [3.05, 3.63) is 0 Å². The van der Waals surface area contributed by atoms with Crippen LogP contribution in [-0.4, -0.2) is 26.8 Å². The van der Waals surface area contributed by atoms with E-state index in [9.17, 15) is 0 Å². The summed E-state index contributed by atoms with van der Waals surface area (Å²) >= 11 is 2.68. The number of nitrogens with one attached hydrogen (secondary N) is 1. The fourth-order valence-electron chi connectivity index (χ4n) is 0.388. The summed E-state index contributed by atoms with van der Waals surface area (Å²) in [6.07, 6.45) is 2.39. The number of nitrogens with two attached hydrogens (primary N) is 1. The number of rotatable bonds is 4. The molecule has 0 aliphatic rings. The van der Waals surface area contributed by atoms with Crippen molar-refractivity contribution in [2.24, 2.45) is 5.73 Å². The van der Waals surface area contributed by atoms with Gasteiger partial charge in [0.15, 0.2) is 0 Å². The van der Waals surface area contributed by atoms with Gasteiger partial charge >= 0.3 is 57.6 Å². The van der Waals surface area contributed by atoms with Crippen molar-refractivity contribution in [2.75, 3.05) is 6.54 Å². The fourth-order valence-corrected chi connectivity index (χ4v) is 0.602. The normalized spacial score (nSPS) is 8.62. The first-order valence-electron chi connectivity index (χ1n) is 2.80.